The molecule has 0 aliphatic carbocycles. The maximum atomic E-state index is 13.3. The first-order chi connectivity index (χ1) is 16.2. The zero-order valence-corrected chi connectivity index (χ0v) is 21.9. The molecule has 0 radical (unpaired) electrons. The second-order valence-corrected chi connectivity index (χ2v) is 15.3. The third kappa shape index (κ3) is 8.81. The van der Waals surface area contributed by atoms with Crippen LogP contribution in [0.1, 0.15) is 42.5 Å². The molecular formula is C24H40N2O7Si. The van der Waals surface area contributed by atoms with E-state index < -0.39 is 8.07 Å². The summed E-state index contributed by atoms with van der Waals surface area (Å²) in [5.74, 6) is 0.181. The van der Waals surface area contributed by atoms with E-state index in [0.29, 0.717) is 36.6 Å². The summed E-state index contributed by atoms with van der Waals surface area (Å²) in [6, 6.07) is 3.94. The Balaban J connectivity index is 2.15. The normalized spacial score (nSPS) is 16.3. The third-order valence-corrected chi connectivity index (χ3v) is 7.45. The molecule has 34 heavy (non-hydrogen) atoms. The Kier molecular flexibility index (Phi) is 11.1. The molecule has 1 saturated heterocycles. The number of benzene rings is 1. The van der Waals surface area contributed by atoms with Gasteiger partial charge in [-0.3, -0.25) is 9.59 Å². The lowest BCUT2D eigenvalue weighted by molar-refractivity contribution is -0.140. The number of carbonyl (C=O) groups is 2. The van der Waals surface area contributed by atoms with Crippen molar-refractivity contribution in [1.29, 1.82) is 0 Å². The molecular weight excluding hydrogens is 456 g/mol. The van der Waals surface area contributed by atoms with Crippen molar-refractivity contribution in [3.63, 3.8) is 0 Å². The van der Waals surface area contributed by atoms with Crippen LogP contribution in [0, 0.1) is 0 Å². The highest BCUT2D eigenvalue weighted by Gasteiger charge is 2.29. The number of nitrogen functional groups attached to an aromatic ring is 1. The fourth-order valence-electron chi connectivity index (χ4n) is 3.64. The average molecular weight is 497 g/mol. The standard InChI is InChI=1S/C24H40N2O7Si/c1-30-23(28)9-7-11-32-22-15-20(25)19(24(29)26-10-6-5-8-18(26)16-27)14-21(22)33-17-31-12-13-34(2,3)4/h14-15,18,27H,5-13,16-17,25H2,1-4H3/t18-/m0/s1. The Labute approximate surface area is 203 Å². The van der Waals surface area contributed by atoms with Crippen LogP contribution in [0.4, 0.5) is 5.69 Å². The lowest BCUT2D eigenvalue weighted by Gasteiger charge is -2.35. The van der Waals surface area contributed by atoms with E-state index in [2.05, 4.69) is 24.4 Å². The Morgan fingerprint density at radius 3 is 2.56 bits per heavy atom. The number of carbonyl (C=O) groups excluding carboxylic acids is 2. The van der Waals surface area contributed by atoms with E-state index in [0.717, 1.165) is 25.3 Å². The van der Waals surface area contributed by atoms with Gasteiger partial charge < -0.3 is 34.7 Å². The molecule has 0 unspecified atom stereocenters. The van der Waals surface area contributed by atoms with Crippen LogP contribution in [0.25, 0.3) is 0 Å². The maximum Gasteiger partial charge on any atom is 0.305 e. The van der Waals surface area contributed by atoms with Crippen LogP contribution in [-0.4, -0.2) is 76.3 Å². The van der Waals surface area contributed by atoms with Gasteiger partial charge in [0.05, 0.1) is 31.9 Å². The number of aliphatic hydroxyl groups excluding tert-OH is 1. The van der Waals surface area contributed by atoms with Gasteiger partial charge in [0.2, 0.25) is 0 Å². The van der Waals surface area contributed by atoms with E-state index in [4.69, 9.17) is 19.9 Å². The van der Waals surface area contributed by atoms with Crippen molar-refractivity contribution in [3.05, 3.63) is 17.7 Å². The van der Waals surface area contributed by atoms with E-state index in [9.17, 15) is 14.7 Å². The van der Waals surface area contributed by atoms with Gasteiger partial charge in [-0.25, -0.2) is 0 Å². The molecule has 1 aromatic rings. The second-order valence-electron chi connectivity index (χ2n) is 9.73. The summed E-state index contributed by atoms with van der Waals surface area (Å²) in [4.78, 5) is 26.3. The number of aliphatic hydroxyl groups is 1. The molecule has 1 aliphatic rings. The number of esters is 1. The number of piperidine rings is 1. The number of hydrogen-bond acceptors (Lipinski definition) is 8. The number of likely N-dealkylation sites (tertiary alicyclic amines) is 1. The molecule has 2 rings (SSSR count). The molecule has 1 amide bonds. The fraction of sp³-hybridized carbons (Fsp3) is 0.667. The number of amides is 1. The highest BCUT2D eigenvalue weighted by Crippen LogP contribution is 2.34. The van der Waals surface area contributed by atoms with Gasteiger partial charge in [0.1, 0.15) is 0 Å². The quantitative estimate of drug-likeness (QED) is 0.140. The van der Waals surface area contributed by atoms with Gasteiger partial charge >= 0.3 is 5.97 Å². The minimum atomic E-state index is -1.22. The Morgan fingerprint density at radius 1 is 1.15 bits per heavy atom. The predicted octanol–water partition coefficient (Wildman–Crippen LogP) is 3.28. The van der Waals surface area contributed by atoms with Gasteiger partial charge in [0, 0.05) is 39.4 Å². The second kappa shape index (κ2) is 13.6. The summed E-state index contributed by atoms with van der Waals surface area (Å²) in [6.45, 7) is 8.18. The van der Waals surface area contributed by atoms with Crippen LogP contribution in [0.2, 0.25) is 25.7 Å². The van der Waals surface area contributed by atoms with Crippen molar-refractivity contribution in [2.24, 2.45) is 0 Å². The van der Waals surface area contributed by atoms with E-state index in [1.807, 2.05) is 0 Å². The van der Waals surface area contributed by atoms with Crippen molar-refractivity contribution in [1.82, 2.24) is 4.90 Å². The minimum absolute atomic E-state index is 0.0174. The topological polar surface area (TPSA) is 121 Å². The van der Waals surface area contributed by atoms with Crippen LogP contribution in [0.15, 0.2) is 12.1 Å². The minimum Gasteiger partial charge on any atom is -0.490 e. The monoisotopic (exact) mass is 496 g/mol. The molecule has 0 aromatic heterocycles. The molecule has 192 valence electrons. The van der Waals surface area contributed by atoms with Crippen molar-refractivity contribution >= 4 is 25.6 Å². The SMILES string of the molecule is COC(=O)CCCOc1cc(N)c(C(=O)N2CCCC[C@H]2CO)cc1OCOCC[Si](C)(C)C. The first kappa shape index (κ1) is 27.9. The van der Waals surface area contributed by atoms with Gasteiger partial charge in [0.25, 0.3) is 5.91 Å². The molecule has 9 nitrogen and oxygen atoms in total. The first-order valence-electron chi connectivity index (χ1n) is 11.9. The van der Waals surface area contributed by atoms with Gasteiger partial charge in [-0.2, -0.15) is 0 Å². The average Bonchev–Trinajstić information content (AvgIpc) is 2.81. The molecule has 1 atom stereocenters. The van der Waals surface area contributed by atoms with E-state index >= 15 is 0 Å². The van der Waals surface area contributed by atoms with Crippen LogP contribution < -0.4 is 15.2 Å². The lowest BCUT2D eigenvalue weighted by atomic mass is 10.0. The smallest absolute Gasteiger partial charge is 0.305 e. The predicted molar refractivity (Wildman–Crippen MR) is 133 cm³/mol. The molecule has 0 bridgehead atoms. The van der Waals surface area contributed by atoms with Crippen molar-refractivity contribution in [3.8, 4) is 11.5 Å². The van der Waals surface area contributed by atoms with E-state index in [1.54, 1.807) is 17.0 Å². The largest absolute Gasteiger partial charge is 0.490 e. The summed E-state index contributed by atoms with van der Waals surface area (Å²) in [5.41, 5.74) is 6.81. The molecule has 0 spiro atoms. The zero-order valence-electron chi connectivity index (χ0n) is 20.9. The third-order valence-electron chi connectivity index (χ3n) is 5.75. The van der Waals surface area contributed by atoms with Crippen molar-refractivity contribution in [2.45, 2.75) is 63.8 Å². The number of nitrogens with zero attached hydrogens (tertiary/aromatic N) is 1. The van der Waals surface area contributed by atoms with Crippen LogP contribution in [0.3, 0.4) is 0 Å². The number of rotatable bonds is 13. The first-order valence-corrected chi connectivity index (χ1v) is 15.6. The number of anilines is 1. The fourth-order valence-corrected chi connectivity index (χ4v) is 4.40. The van der Waals surface area contributed by atoms with Gasteiger partial charge in [0.15, 0.2) is 18.3 Å². The van der Waals surface area contributed by atoms with Gasteiger partial charge in [-0.15, -0.1) is 0 Å². The molecule has 1 fully saturated rings. The zero-order chi connectivity index (χ0) is 25.1. The van der Waals surface area contributed by atoms with Crippen molar-refractivity contribution < 1.29 is 33.6 Å². The Hall–Kier alpha value is -2.30. The van der Waals surface area contributed by atoms with Gasteiger partial charge in [-0.1, -0.05) is 19.6 Å². The lowest BCUT2D eigenvalue weighted by Crippen LogP contribution is -2.45. The highest BCUT2D eigenvalue weighted by molar-refractivity contribution is 6.76. The van der Waals surface area contributed by atoms with Crippen molar-refractivity contribution in [2.75, 3.05) is 46.0 Å². The summed E-state index contributed by atoms with van der Waals surface area (Å²) < 4.78 is 22.0. The molecule has 0 saturated carbocycles. The molecule has 1 aliphatic heterocycles. The van der Waals surface area contributed by atoms with Crippen LogP contribution >= 0.6 is 0 Å². The summed E-state index contributed by atoms with van der Waals surface area (Å²) in [7, 11) is 0.122. The van der Waals surface area contributed by atoms with Gasteiger partial charge in [-0.05, 0) is 37.8 Å². The molecule has 1 heterocycles. The Morgan fingerprint density at radius 2 is 1.88 bits per heavy atom. The number of hydrogen-bond donors (Lipinski definition) is 2. The van der Waals surface area contributed by atoms with E-state index in [1.165, 1.54) is 7.11 Å². The summed E-state index contributed by atoms with van der Waals surface area (Å²) >= 11 is 0. The van der Waals surface area contributed by atoms with Crippen LogP contribution in [0.5, 0.6) is 11.5 Å². The number of ether oxygens (including phenoxy) is 4. The summed E-state index contributed by atoms with van der Waals surface area (Å²) in [6.07, 6.45) is 3.32. The number of methoxy groups -OCH3 is 1. The van der Waals surface area contributed by atoms with E-state index in [-0.39, 0.29) is 50.0 Å². The highest BCUT2D eigenvalue weighted by atomic mass is 28.3. The molecule has 3 N–H and O–H groups in total. The summed E-state index contributed by atoms with van der Waals surface area (Å²) in [5, 5.41) is 9.71. The Bertz CT molecular complexity index is 813. The maximum absolute atomic E-state index is 13.3. The molecule has 1 aromatic carbocycles. The van der Waals surface area contributed by atoms with Crippen LogP contribution in [-0.2, 0) is 14.3 Å². The molecule has 10 heteroatoms. The number of nitrogens with two attached hydrogens (primary N) is 1.